The summed E-state index contributed by atoms with van der Waals surface area (Å²) in [4.78, 5) is 22.4. The van der Waals surface area contributed by atoms with E-state index in [2.05, 4.69) is 26.1 Å². The van der Waals surface area contributed by atoms with E-state index in [1.165, 1.54) is 6.42 Å². The molecule has 5 heteroatoms. The molecule has 0 saturated heterocycles. The van der Waals surface area contributed by atoms with E-state index in [9.17, 15) is 9.59 Å². The Morgan fingerprint density at radius 1 is 1.29 bits per heavy atom. The standard InChI is InChI=1S/C16H29NO4/c1-10(2)13-6-5-11(3)7-14(13)21-9-15(18)17-8-12(4)16(19)20/h10-14H,5-9H2,1-4H3,(H,17,18)(H,19,20). The molecule has 1 amide bonds. The molecule has 21 heavy (non-hydrogen) atoms. The lowest BCUT2D eigenvalue weighted by Crippen LogP contribution is -2.39. The third kappa shape index (κ3) is 6.04. The number of ether oxygens (including phenoxy) is 1. The molecule has 1 rings (SSSR count). The largest absolute Gasteiger partial charge is 0.481 e. The Balaban J connectivity index is 2.37. The fraction of sp³-hybridized carbons (Fsp3) is 0.875. The maximum atomic E-state index is 11.7. The van der Waals surface area contributed by atoms with Crippen LogP contribution in [0.2, 0.25) is 0 Å². The van der Waals surface area contributed by atoms with Gasteiger partial charge in [-0.15, -0.1) is 0 Å². The highest BCUT2D eigenvalue weighted by molar-refractivity contribution is 5.78. The first-order valence-corrected chi connectivity index (χ1v) is 7.92. The van der Waals surface area contributed by atoms with Gasteiger partial charge >= 0.3 is 5.97 Å². The highest BCUT2D eigenvalue weighted by Gasteiger charge is 2.31. The van der Waals surface area contributed by atoms with Gasteiger partial charge in [-0.05, 0) is 30.6 Å². The van der Waals surface area contributed by atoms with Crippen molar-refractivity contribution in [2.45, 2.75) is 53.1 Å². The Hall–Kier alpha value is -1.10. The van der Waals surface area contributed by atoms with Gasteiger partial charge in [0.1, 0.15) is 6.61 Å². The van der Waals surface area contributed by atoms with Gasteiger partial charge < -0.3 is 15.2 Å². The molecule has 0 spiro atoms. The molecule has 1 fully saturated rings. The highest BCUT2D eigenvalue weighted by atomic mass is 16.5. The lowest BCUT2D eigenvalue weighted by atomic mass is 9.75. The van der Waals surface area contributed by atoms with Gasteiger partial charge in [0, 0.05) is 6.54 Å². The number of carbonyl (C=O) groups excluding carboxylic acids is 1. The number of hydrogen-bond donors (Lipinski definition) is 2. The van der Waals surface area contributed by atoms with Crippen LogP contribution in [0.15, 0.2) is 0 Å². The van der Waals surface area contributed by atoms with Crippen LogP contribution in [0.25, 0.3) is 0 Å². The van der Waals surface area contributed by atoms with Gasteiger partial charge in [-0.25, -0.2) is 0 Å². The zero-order chi connectivity index (χ0) is 16.0. The third-order valence-corrected chi connectivity index (χ3v) is 4.42. The van der Waals surface area contributed by atoms with Crippen LogP contribution < -0.4 is 5.32 Å². The SMILES string of the molecule is CC1CCC(C(C)C)C(OCC(=O)NCC(C)C(=O)O)C1. The lowest BCUT2D eigenvalue weighted by Gasteiger charge is -2.37. The van der Waals surface area contributed by atoms with E-state index >= 15 is 0 Å². The summed E-state index contributed by atoms with van der Waals surface area (Å²) in [5.74, 6) is -0.0160. The molecule has 4 atom stereocenters. The average Bonchev–Trinajstić information content (AvgIpc) is 2.41. The van der Waals surface area contributed by atoms with Crippen molar-refractivity contribution in [1.29, 1.82) is 0 Å². The first-order valence-electron chi connectivity index (χ1n) is 7.92. The van der Waals surface area contributed by atoms with Crippen LogP contribution in [0.5, 0.6) is 0 Å². The van der Waals surface area contributed by atoms with Crippen molar-refractivity contribution < 1.29 is 19.4 Å². The molecule has 0 aromatic rings. The second-order valence-electron chi connectivity index (χ2n) is 6.72. The molecule has 0 heterocycles. The highest BCUT2D eigenvalue weighted by Crippen LogP contribution is 2.35. The molecule has 0 aromatic heterocycles. The zero-order valence-corrected chi connectivity index (χ0v) is 13.6. The van der Waals surface area contributed by atoms with Crippen molar-refractivity contribution in [1.82, 2.24) is 5.32 Å². The maximum Gasteiger partial charge on any atom is 0.308 e. The Labute approximate surface area is 127 Å². The summed E-state index contributed by atoms with van der Waals surface area (Å²) < 4.78 is 5.82. The third-order valence-electron chi connectivity index (χ3n) is 4.42. The summed E-state index contributed by atoms with van der Waals surface area (Å²) in [5.41, 5.74) is 0. The molecule has 122 valence electrons. The second-order valence-corrected chi connectivity index (χ2v) is 6.72. The van der Waals surface area contributed by atoms with Crippen molar-refractivity contribution in [2.75, 3.05) is 13.2 Å². The number of rotatable bonds is 7. The number of carboxylic acids is 1. The van der Waals surface area contributed by atoms with Crippen LogP contribution in [0.3, 0.4) is 0 Å². The molecule has 0 aromatic carbocycles. The van der Waals surface area contributed by atoms with Gasteiger partial charge in [-0.1, -0.05) is 34.1 Å². The molecule has 2 N–H and O–H groups in total. The summed E-state index contributed by atoms with van der Waals surface area (Å²) >= 11 is 0. The van der Waals surface area contributed by atoms with Crippen LogP contribution in [0.4, 0.5) is 0 Å². The number of hydrogen-bond acceptors (Lipinski definition) is 3. The minimum Gasteiger partial charge on any atom is -0.481 e. The summed E-state index contributed by atoms with van der Waals surface area (Å²) in [7, 11) is 0. The first kappa shape index (κ1) is 18.0. The molecule has 1 aliphatic carbocycles. The van der Waals surface area contributed by atoms with Crippen molar-refractivity contribution in [3.8, 4) is 0 Å². The Kier molecular flexibility index (Phi) is 7.15. The fourth-order valence-electron chi connectivity index (χ4n) is 2.89. The van der Waals surface area contributed by atoms with E-state index in [0.29, 0.717) is 17.8 Å². The van der Waals surface area contributed by atoms with Crippen molar-refractivity contribution in [3.63, 3.8) is 0 Å². The summed E-state index contributed by atoms with van der Waals surface area (Å²) in [6, 6.07) is 0. The van der Waals surface area contributed by atoms with Crippen molar-refractivity contribution in [3.05, 3.63) is 0 Å². The summed E-state index contributed by atoms with van der Waals surface area (Å²) in [6.07, 6.45) is 3.52. The van der Waals surface area contributed by atoms with Gasteiger partial charge in [0.15, 0.2) is 0 Å². The predicted molar refractivity (Wildman–Crippen MR) is 80.9 cm³/mol. The molecule has 0 bridgehead atoms. The Morgan fingerprint density at radius 3 is 2.52 bits per heavy atom. The van der Waals surface area contributed by atoms with Crippen molar-refractivity contribution >= 4 is 11.9 Å². The molecular weight excluding hydrogens is 270 g/mol. The van der Waals surface area contributed by atoms with Crippen molar-refractivity contribution in [2.24, 2.45) is 23.7 Å². The number of carboxylic acid groups (broad SMARTS) is 1. The quantitative estimate of drug-likeness (QED) is 0.756. The molecule has 5 nitrogen and oxygen atoms in total. The summed E-state index contributed by atoms with van der Waals surface area (Å²) in [5, 5.41) is 11.4. The number of carbonyl (C=O) groups is 2. The Bertz CT molecular complexity index is 356. The van der Waals surface area contributed by atoms with Gasteiger partial charge in [-0.3, -0.25) is 9.59 Å². The minimum absolute atomic E-state index is 0.0208. The van der Waals surface area contributed by atoms with Crippen LogP contribution in [-0.4, -0.2) is 36.2 Å². The Morgan fingerprint density at radius 2 is 1.95 bits per heavy atom. The predicted octanol–water partition coefficient (Wildman–Crippen LogP) is 2.30. The molecule has 0 radical (unpaired) electrons. The molecule has 4 unspecified atom stereocenters. The van der Waals surface area contributed by atoms with E-state index in [-0.39, 0.29) is 25.2 Å². The van der Waals surface area contributed by atoms with Gasteiger partial charge in [0.25, 0.3) is 0 Å². The summed E-state index contributed by atoms with van der Waals surface area (Å²) in [6.45, 7) is 8.36. The van der Waals surface area contributed by atoms with E-state index in [1.807, 2.05) is 0 Å². The van der Waals surface area contributed by atoms with Crippen LogP contribution >= 0.6 is 0 Å². The van der Waals surface area contributed by atoms with Gasteiger partial charge in [0.05, 0.1) is 12.0 Å². The lowest BCUT2D eigenvalue weighted by molar-refractivity contribution is -0.141. The molecule has 1 saturated carbocycles. The topological polar surface area (TPSA) is 75.6 Å². The van der Waals surface area contributed by atoms with E-state index in [1.54, 1.807) is 6.92 Å². The second kappa shape index (κ2) is 8.37. The van der Waals surface area contributed by atoms with Crippen LogP contribution in [0, 0.1) is 23.7 Å². The normalized spacial score (nSPS) is 27.4. The zero-order valence-electron chi connectivity index (χ0n) is 13.6. The monoisotopic (exact) mass is 299 g/mol. The minimum atomic E-state index is -0.905. The maximum absolute atomic E-state index is 11.7. The number of aliphatic carboxylic acids is 1. The molecule has 0 aliphatic heterocycles. The van der Waals surface area contributed by atoms with E-state index in [0.717, 1.165) is 12.8 Å². The molecular formula is C16H29NO4. The first-order chi connectivity index (χ1) is 9.81. The van der Waals surface area contributed by atoms with Crippen LogP contribution in [0.1, 0.15) is 47.0 Å². The van der Waals surface area contributed by atoms with E-state index in [4.69, 9.17) is 9.84 Å². The van der Waals surface area contributed by atoms with Gasteiger partial charge in [-0.2, -0.15) is 0 Å². The van der Waals surface area contributed by atoms with Gasteiger partial charge in [0.2, 0.25) is 5.91 Å². The average molecular weight is 299 g/mol. The molecule has 1 aliphatic rings. The number of amides is 1. The number of nitrogens with one attached hydrogen (secondary N) is 1. The van der Waals surface area contributed by atoms with E-state index < -0.39 is 11.9 Å². The smallest absolute Gasteiger partial charge is 0.308 e. The fourth-order valence-corrected chi connectivity index (χ4v) is 2.89. The van der Waals surface area contributed by atoms with Crippen LogP contribution in [-0.2, 0) is 14.3 Å².